The molecule has 1 fully saturated rings. The third-order valence-corrected chi connectivity index (χ3v) is 8.55. The number of hydrogen-bond donors (Lipinski definition) is 1. The Hall–Kier alpha value is -3.26. The summed E-state index contributed by atoms with van der Waals surface area (Å²) in [6, 6.07) is 4.89. The van der Waals surface area contributed by atoms with E-state index in [1.807, 2.05) is 18.6 Å². The predicted molar refractivity (Wildman–Crippen MR) is 153 cm³/mol. The highest BCUT2D eigenvalue weighted by atomic mass is 16.2. The van der Waals surface area contributed by atoms with Crippen LogP contribution in [0.15, 0.2) is 24.7 Å². The zero-order valence-electron chi connectivity index (χ0n) is 23.9. The first kappa shape index (κ1) is 26.4. The van der Waals surface area contributed by atoms with Gasteiger partial charge in [0.25, 0.3) is 0 Å². The number of hydrogen-bond acceptors (Lipinski definition) is 5. The van der Waals surface area contributed by atoms with Gasteiger partial charge in [-0.3, -0.25) is 14.7 Å². The van der Waals surface area contributed by atoms with Crippen LogP contribution in [0.4, 0.5) is 0 Å². The van der Waals surface area contributed by atoms with E-state index in [1.165, 1.54) is 16.8 Å². The van der Waals surface area contributed by atoms with Crippen LogP contribution < -0.4 is 0 Å². The van der Waals surface area contributed by atoms with Crippen LogP contribution in [0.1, 0.15) is 80.7 Å². The molecular formula is C30H41N7O. The Bertz CT molecular complexity index is 1460. The summed E-state index contributed by atoms with van der Waals surface area (Å²) < 4.78 is 1.87. The average Bonchev–Trinajstić information content (AvgIpc) is 3.53. The van der Waals surface area contributed by atoms with Crippen molar-refractivity contribution >= 4 is 22.6 Å². The number of amides is 1. The van der Waals surface area contributed by atoms with Crippen LogP contribution >= 0.6 is 0 Å². The van der Waals surface area contributed by atoms with Gasteiger partial charge in [0, 0.05) is 49.1 Å². The number of likely N-dealkylation sites (N-methyl/N-ethyl adjacent to an activating group) is 2. The van der Waals surface area contributed by atoms with Gasteiger partial charge in [0.1, 0.15) is 6.33 Å². The Morgan fingerprint density at radius 1 is 1.13 bits per heavy atom. The van der Waals surface area contributed by atoms with Gasteiger partial charge in [0.15, 0.2) is 5.65 Å². The van der Waals surface area contributed by atoms with Gasteiger partial charge in [0.05, 0.1) is 23.3 Å². The molecule has 1 aliphatic carbocycles. The Labute approximate surface area is 225 Å². The molecule has 38 heavy (non-hydrogen) atoms. The van der Waals surface area contributed by atoms with E-state index in [9.17, 15) is 4.79 Å². The van der Waals surface area contributed by atoms with E-state index < -0.39 is 0 Å². The molecule has 202 valence electrons. The summed E-state index contributed by atoms with van der Waals surface area (Å²) in [5.74, 6) is 0.947. The summed E-state index contributed by atoms with van der Waals surface area (Å²) in [6.07, 6.45) is 8.11. The first-order valence-electron chi connectivity index (χ1n) is 14.0. The van der Waals surface area contributed by atoms with Crippen molar-refractivity contribution in [3.05, 3.63) is 47.0 Å². The van der Waals surface area contributed by atoms with Gasteiger partial charge in [-0.05, 0) is 75.3 Å². The largest absolute Gasteiger partial charge is 0.353 e. The molecule has 4 aromatic rings. The average molecular weight is 516 g/mol. The molecule has 0 aromatic carbocycles. The first-order chi connectivity index (χ1) is 18.2. The van der Waals surface area contributed by atoms with Crippen molar-refractivity contribution in [2.75, 3.05) is 27.2 Å². The normalized spacial score (nSPS) is 18.2. The lowest BCUT2D eigenvalue weighted by Crippen LogP contribution is -2.43. The van der Waals surface area contributed by atoms with Gasteiger partial charge in [-0.15, -0.1) is 0 Å². The number of fused-ring (bicyclic) bond motifs is 2. The Kier molecular flexibility index (Phi) is 7.27. The highest BCUT2D eigenvalue weighted by molar-refractivity contribution is 5.89. The summed E-state index contributed by atoms with van der Waals surface area (Å²) in [5, 5.41) is 4.41. The second-order valence-corrected chi connectivity index (χ2v) is 11.4. The van der Waals surface area contributed by atoms with Crippen molar-refractivity contribution in [2.45, 2.75) is 78.2 Å². The first-order valence-corrected chi connectivity index (χ1v) is 14.0. The summed E-state index contributed by atoms with van der Waals surface area (Å²) in [7, 11) is 3.67. The van der Waals surface area contributed by atoms with Crippen LogP contribution in [-0.4, -0.2) is 73.5 Å². The maximum atomic E-state index is 12.3. The second-order valence-electron chi connectivity index (χ2n) is 11.4. The van der Waals surface area contributed by atoms with Gasteiger partial charge >= 0.3 is 0 Å². The van der Waals surface area contributed by atoms with Crippen LogP contribution in [0.3, 0.4) is 0 Å². The minimum atomic E-state index is 0.180. The van der Waals surface area contributed by atoms with Crippen LogP contribution in [0.5, 0.6) is 0 Å². The number of carbonyl (C=O) groups excluding carboxylic acids is 1. The third kappa shape index (κ3) is 4.70. The van der Waals surface area contributed by atoms with Crippen LogP contribution in [-0.2, 0) is 4.79 Å². The van der Waals surface area contributed by atoms with Gasteiger partial charge in [-0.25, -0.2) is 9.50 Å². The number of carbonyl (C=O) groups is 1. The molecule has 0 saturated heterocycles. The van der Waals surface area contributed by atoms with E-state index in [1.54, 1.807) is 11.2 Å². The summed E-state index contributed by atoms with van der Waals surface area (Å²) in [6.45, 7) is 12.3. The molecule has 0 bridgehead atoms. The lowest BCUT2D eigenvalue weighted by Gasteiger charge is -2.36. The molecule has 8 heteroatoms. The SMILES string of the molecule is CCN(CC(=O)N(C)C)C1CCC(c2ccc3[nH]c(-c4cn5ncnc5c(C)c4C)c(C(C)C)c3n2)CC1. The fourth-order valence-electron chi connectivity index (χ4n) is 6.11. The van der Waals surface area contributed by atoms with E-state index >= 15 is 0 Å². The smallest absolute Gasteiger partial charge is 0.236 e. The molecule has 8 nitrogen and oxygen atoms in total. The predicted octanol–water partition coefficient (Wildman–Crippen LogP) is 5.45. The maximum absolute atomic E-state index is 12.3. The number of aromatic amines is 1. The fraction of sp³-hybridized carbons (Fsp3) is 0.533. The number of aryl methyl sites for hydroxylation is 1. The summed E-state index contributed by atoms with van der Waals surface area (Å²) >= 11 is 0. The standard InChI is InChI=1S/C30H41N7O/c1-8-36(16-26(38)35(6)7)22-11-9-21(10-12-22)24-13-14-25-29(33-24)27(18(2)3)28(34-25)23-15-37-30(31-17-32-37)20(5)19(23)4/h13-15,17-18,21-22,34H,8-12,16H2,1-7H3. The molecule has 0 atom stereocenters. The molecule has 1 saturated carbocycles. The van der Waals surface area contributed by atoms with Gasteiger partial charge in [-0.1, -0.05) is 20.8 Å². The van der Waals surface area contributed by atoms with Crippen LogP contribution in [0.25, 0.3) is 27.9 Å². The second kappa shape index (κ2) is 10.5. The van der Waals surface area contributed by atoms with Gasteiger partial charge < -0.3 is 9.88 Å². The fourth-order valence-corrected chi connectivity index (χ4v) is 6.11. The molecule has 0 unspecified atom stereocenters. The van der Waals surface area contributed by atoms with Crippen molar-refractivity contribution in [3.63, 3.8) is 0 Å². The molecular weight excluding hydrogens is 474 g/mol. The molecule has 1 amide bonds. The molecule has 5 rings (SSSR count). The Balaban J connectivity index is 1.44. The number of pyridine rings is 2. The lowest BCUT2D eigenvalue weighted by atomic mass is 9.83. The zero-order chi connectivity index (χ0) is 27.1. The van der Waals surface area contributed by atoms with Crippen molar-refractivity contribution in [1.29, 1.82) is 0 Å². The number of aromatic nitrogens is 5. The highest BCUT2D eigenvalue weighted by Gasteiger charge is 2.29. The van der Waals surface area contributed by atoms with Crippen LogP contribution in [0.2, 0.25) is 0 Å². The number of H-pyrrole nitrogens is 1. The minimum absolute atomic E-state index is 0.180. The van der Waals surface area contributed by atoms with E-state index in [0.29, 0.717) is 24.4 Å². The summed E-state index contributed by atoms with van der Waals surface area (Å²) in [4.78, 5) is 29.8. The number of rotatable bonds is 7. The monoisotopic (exact) mass is 515 g/mol. The molecule has 0 radical (unpaired) electrons. The van der Waals surface area contributed by atoms with Crippen LogP contribution in [0, 0.1) is 13.8 Å². The third-order valence-electron chi connectivity index (χ3n) is 8.55. The zero-order valence-corrected chi connectivity index (χ0v) is 23.9. The minimum Gasteiger partial charge on any atom is -0.353 e. The maximum Gasteiger partial charge on any atom is 0.236 e. The molecule has 1 aliphatic rings. The van der Waals surface area contributed by atoms with Crippen molar-refractivity contribution in [1.82, 2.24) is 34.4 Å². The van der Waals surface area contributed by atoms with Crippen molar-refractivity contribution in [2.24, 2.45) is 0 Å². The number of nitrogens with zero attached hydrogens (tertiary/aromatic N) is 6. The highest BCUT2D eigenvalue weighted by Crippen LogP contribution is 2.39. The van der Waals surface area contributed by atoms with Gasteiger partial charge in [-0.2, -0.15) is 5.10 Å². The molecule has 1 N–H and O–H groups in total. The number of nitrogens with one attached hydrogen (secondary N) is 1. The van der Waals surface area contributed by atoms with Gasteiger partial charge in [0.2, 0.25) is 5.91 Å². The van der Waals surface area contributed by atoms with E-state index in [4.69, 9.17) is 4.98 Å². The van der Waals surface area contributed by atoms with Crippen molar-refractivity contribution < 1.29 is 4.79 Å². The van der Waals surface area contributed by atoms with E-state index in [2.05, 4.69) is 72.9 Å². The molecule has 4 aromatic heterocycles. The quantitative estimate of drug-likeness (QED) is 0.354. The van der Waals surface area contributed by atoms with Crippen molar-refractivity contribution in [3.8, 4) is 11.3 Å². The Morgan fingerprint density at radius 2 is 1.87 bits per heavy atom. The topological polar surface area (TPSA) is 82.4 Å². The Morgan fingerprint density at radius 3 is 2.53 bits per heavy atom. The summed E-state index contributed by atoms with van der Waals surface area (Å²) in [5.41, 5.74) is 10.2. The molecule has 0 spiro atoms. The van der Waals surface area contributed by atoms with E-state index in [0.717, 1.165) is 65.7 Å². The molecule has 0 aliphatic heterocycles. The molecule has 4 heterocycles. The van der Waals surface area contributed by atoms with E-state index in [-0.39, 0.29) is 5.91 Å². The lowest BCUT2D eigenvalue weighted by molar-refractivity contribution is -0.130.